The Morgan fingerprint density at radius 1 is 1.21 bits per heavy atom. The predicted molar refractivity (Wildman–Crippen MR) is 111 cm³/mol. The molecule has 2 aliphatic rings. The molecule has 0 aromatic carbocycles. The average Bonchev–Trinajstić information content (AvgIpc) is 3.25. The Morgan fingerprint density at radius 2 is 1.90 bits per heavy atom. The molecule has 0 radical (unpaired) electrons. The van der Waals surface area contributed by atoms with Crippen molar-refractivity contribution >= 4 is 40.0 Å². The number of aromatic nitrogens is 3. The quantitative estimate of drug-likeness (QED) is 0.323. The van der Waals surface area contributed by atoms with Crippen molar-refractivity contribution in [2.75, 3.05) is 26.7 Å². The van der Waals surface area contributed by atoms with Crippen molar-refractivity contribution in [3.63, 3.8) is 0 Å². The Bertz CT molecular complexity index is 820. The molecule has 0 saturated carbocycles. The van der Waals surface area contributed by atoms with Crippen LogP contribution < -0.4 is 10.6 Å². The van der Waals surface area contributed by atoms with Gasteiger partial charge >= 0.3 is 15.5 Å². The number of piperidine rings is 1. The molecule has 1 saturated heterocycles. The van der Waals surface area contributed by atoms with Gasteiger partial charge in [-0.25, -0.2) is 8.42 Å². The summed E-state index contributed by atoms with van der Waals surface area (Å²) in [6, 6.07) is 0. The molecule has 0 spiro atoms. The lowest BCUT2D eigenvalue weighted by Gasteiger charge is -2.31. The van der Waals surface area contributed by atoms with E-state index in [1.165, 1.54) is 0 Å². The molecule has 166 valence electrons. The maximum atomic E-state index is 12.6. The summed E-state index contributed by atoms with van der Waals surface area (Å²) in [4.78, 5) is 4.13. The van der Waals surface area contributed by atoms with Gasteiger partial charge in [0, 0.05) is 39.6 Å². The van der Waals surface area contributed by atoms with E-state index in [1.807, 2.05) is 0 Å². The Morgan fingerprint density at radius 3 is 2.52 bits per heavy atom. The normalized spacial score (nSPS) is 19.0. The largest absolute Gasteiger partial charge is 0.511 e. The molecule has 0 unspecified atom stereocenters. The first-order valence-electron chi connectivity index (χ1n) is 9.14. The first-order chi connectivity index (χ1) is 13.2. The maximum Gasteiger partial charge on any atom is 0.511 e. The van der Waals surface area contributed by atoms with Crippen LogP contribution in [0.2, 0.25) is 0 Å². The Kier molecular flexibility index (Phi) is 8.12. The van der Waals surface area contributed by atoms with Crippen molar-refractivity contribution in [2.45, 2.75) is 44.3 Å². The van der Waals surface area contributed by atoms with Crippen LogP contribution in [0.25, 0.3) is 0 Å². The highest BCUT2D eigenvalue weighted by Crippen LogP contribution is 2.30. The first-order valence-corrected chi connectivity index (χ1v) is 10.6. The van der Waals surface area contributed by atoms with Gasteiger partial charge in [-0.1, -0.05) is 0 Å². The third-order valence-electron chi connectivity index (χ3n) is 5.09. The molecule has 3 heterocycles. The molecule has 0 amide bonds. The number of sulfonamides is 1. The van der Waals surface area contributed by atoms with Crippen molar-refractivity contribution in [3.8, 4) is 0 Å². The molecular formula is C15H25F3IN7O2S. The molecule has 14 heteroatoms. The van der Waals surface area contributed by atoms with E-state index in [4.69, 9.17) is 0 Å². The number of guanidine groups is 1. The van der Waals surface area contributed by atoms with Crippen molar-refractivity contribution in [1.29, 1.82) is 0 Å². The Labute approximate surface area is 184 Å². The number of rotatable bonds is 5. The molecule has 1 fully saturated rings. The standard InChI is InChI=1S/C15H24F3N7O2S.HI/c1-19-14(21-10-13-23-22-12-3-2-6-25(12)13)20-9-11-4-7-24(8-5-11)28(26,27)15(16,17)18;/h11H,2-10H2,1H3,(H2,19,20,21);1H. The van der Waals surface area contributed by atoms with Gasteiger partial charge in [-0.05, 0) is 25.2 Å². The SMILES string of the molecule is CN=C(NCc1nnc2n1CCC2)NCC1CCN(S(=O)(=O)C(F)(F)F)CC1.I. The predicted octanol–water partition coefficient (Wildman–Crippen LogP) is 1.07. The van der Waals surface area contributed by atoms with E-state index in [9.17, 15) is 21.6 Å². The fraction of sp³-hybridized carbons (Fsp3) is 0.800. The number of fused-ring (bicyclic) bond motifs is 1. The van der Waals surface area contributed by atoms with Crippen molar-refractivity contribution < 1.29 is 21.6 Å². The fourth-order valence-corrected chi connectivity index (χ4v) is 4.45. The maximum absolute atomic E-state index is 12.6. The van der Waals surface area contributed by atoms with Crippen LogP contribution in [0, 0.1) is 5.92 Å². The second kappa shape index (κ2) is 9.76. The van der Waals surface area contributed by atoms with E-state index in [1.54, 1.807) is 7.05 Å². The summed E-state index contributed by atoms with van der Waals surface area (Å²) in [5.74, 6) is 2.44. The molecular weight excluding hydrogens is 526 g/mol. The minimum atomic E-state index is -5.24. The molecule has 3 rings (SSSR count). The molecule has 0 bridgehead atoms. The van der Waals surface area contributed by atoms with Crippen LogP contribution in [0.5, 0.6) is 0 Å². The highest BCUT2D eigenvalue weighted by molar-refractivity contribution is 14.0. The van der Waals surface area contributed by atoms with Crippen LogP contribution in [0.1, 0.15) is 30.9 Å². The summed E-state index contributed by atoms with van der Waals surface area (Å²) < 4.78 is 63.4. The number of aryl methyl sites for hydroxylation is 1. The molecule has 9 nitrogen and oxygen atoms in total. The Hall–Kier alpha value is -1.16. The summed E-state index contributed by atoms with van der Waals surface area (Å²) in [6.07, 6.45) is 2.71. The highest BCUT2D eigenvalue weighted by Gasteiger charge is 2.50. The number of nitrogens with one attached hydrogen (secondary N) is 2. The van der Waals surface area contributed by atoms with Gasteiger partial charge in [0.15, 0.2) is 11.8 Å². The first kappa shape index (κ1) is 24.1. The molecule has 1 aromatic rings. The lowest BCUT2D eigenvalue weighted by molar-refractivity contribution is -0.0496. The van der Waals surface area contributed by atoms with E-state index in [0.29, 0.717) is 36.2 Å². The van der Waals surface area contributed by atoms with E-state index < -0.39 is 15.5 Å². The van der Waals surface area contributed by atoms with Gasteiger partial charge in [0.25, 0.3) is 0 Å². The van der Waals surface area contributed by atoms with Crippen LogP contribution >= 0.6 is 24.0 Å². The number of alkyl halides is 3. The van der Waals surface area contributed by atoms with Crippen LogP contribution in [-0.2, 0) is 29.5 Å². The van der Waals surface area contributed by atoms with Gasteiger partial charge < -0.3 is 15.2 Å². The van der Waals surface area contributed by atoms with Crippen LogP contribution in [0.15, 0.2) is 4.99 Å². The number of hydrogen-bond donors (Lipinski definition) is 2. The van der Waals surface area contributed by atoms with E-state index >= 15 is 0 Å². The van der Waals surface area contributed by atoms with Crippen molar-refractivity contribution in [2.24, 2.45) is 10.9 Å². The summed E-state index contributed by atoms with van der Waals surface area (Å²) in [6.45, 7) is 1.61. The minimum absolute atomic E-state index is 0. The summed E-state index contributed by atoms with van der Waals surface area (Å²) in [5.41, 5.74) is -5.24. The zero-order chi connectivity index (χ0) is 20.4. The molecule has 1 aromatic heterocycles. The van der Waals surface area contributed by atoms with Gasteiger partial charge in [0.1, 0.15) is 5.82 Å². The third kappa shape index (κ3) is 5.51. The number of hydrogen-bond acceptors (Lipinski definition) is 5. The molecule has 0 aliphatic carbocycles. The smallest absolute Gasteiger partial charge is 0.356 e. The number of nitrogens with zero attached hydrogens (tertiary/aromatic N) is 5. The van der Waals surface area contributed by atoms with Crippen LogP contribution in [0.3, 0.4) is 0 Å². The topological polar surface area (TPSA) is 105 Å². The Balaban J connectivity index is 0.00000300. The lowest BCUT2D eigenvalue weighted by Crippen LogP contribution is -2.47. The monoisotopic (exact) mass is 551 g/mol. The molecule has 29 heavy (non-hydrogen) atoms. The molecule has 2 aliphatic heterocycles. The summed E-state index contributed by atoms with van der Waals surface area (Å²) in [7, 11) is -3.61. The van der Waals surface area contributed by atoms with Crippen molar-refractivity contribution in [1.82, 2.24) is 29.7 Å². The van der Waals surface area contributed by atoms with E-state index in [2.05, 4.69) is 30.4 Å². The molecule has 0 atom stereocenters. The van der Waals surface area contributed by atoms with Gasteiger partial charge in [0.05, 0.1) is 6.54 Å². The zero-order valence-electron chi connectivity index (χ0n) is 15.9. The third-order valence-corrected chi connectivity index (χ3v) is 6.72. The molecule has 2 N–H and O–H groups in total. The second-order valence-electron chi connectivity index (χ2n) is 6.89. The van der Waals surface area contributed by atoms with Crippen molar-refractivity contribution in [3.05, 3.63) is 11.6 Å². The summed E-state index contributed by atoms with van der Waals surface area (Å²) >= 11 is 0. The second-order valence-corrected chi connectivity index (χ2v) is 8.82. The highest BCUT2D eigenvalue weighted by atomic mass is 127. The van der Waals surface area contributed by atoms with Gasteiger partial charge in [-0.3, -0.25) is 4.99 Å². The fourth-order valence-electron chi connectivity index (χ4n) is 3.47. The van der Waals surface area contributed by atoms with E-state index in [-0.39, 0.29) is 43.0 Å². The van der Waals surface area contributed by atoms with Gasteiger partial charge in [-0.15, -0.1) is 34.2 Å². The average molecular weight is 551 g/mol. The van der Waals surface area contributed by atoms with Crippen LogP contribution in [-0.4, -0.2) is 65.6 Å². The minimum Gasteiger partial charge on any atom is -0.356 e. The lowest BCUT2D eigenvalue weighted by atomic mass is 9.98. The zero-order valence-corrected chi connectivity index (χ0v) is 19.1. The summed E-state index contributed by atoms with van der Waals surface area (Å²) in [5, 5.41) is 14.6. The number of halogens is 4. The number of aliphatic imine (C=N–C) groups is 1. The van der Waals surface area contributed by atoms with Gasteiger partial charge in [-0.2, -0.15) is 17.5 Å². The van der Waals surface area contributed by atoms with E-state index in [0.717, 1.165) is 31.0 Å². The van der Waals surface area contributed by atoms with Gasteiger partial charge in [0.2, 0.25) is 0 Å². The van der Waals surface area contributed by atoms with Crippen LogP contribution in [0.4, 0.5) is 13.2 Å².